The first-order valence-electron chi connectivity index (χ1n) is 4.42. The van der Waals surface area contributed by atoms with E-state index in [-0.39, 0.29) is 11.9 Å². The summed E-state index contributed by atoms with van der Waals surface area (Å²) < 4.78 is 0. The molecule has 1 aliphatic heterocycles. The van der Waals surface area contributed by atoms with E-state index in [1.165, 1.54) is 12.2 Å². The van der Waals surface area contributed by atoms with Crippen LogP contribution in [-0.2, 0) is 9.59 Å². The Morgan fingerprint density at radius 3 is 2.79 bits per heavy atom. The predicted molar refractivity (Wildman–Crippen MR) is 51.7 cm³/mol. The maximum absolute atomic E-state index is 11.2. The molecule has 1 atom stereocenters. The lowest BCUT2D eigenvalue weighted by Gasteiger charge is -2.19. The molecule has 0 aromatic rings. The van der Waals surface area contributed by atoms with Gasteiger partial charge in [0.25, 0.3) is 0 Å². The van der Waals surface area contributed by atoms with Gasteiger partial charge in [-0.3, -0.25) is 9.59 Å². The number of nitrogens with zero attached hydrogens (tertiary/aromatic N) is 1. The number of hydrogen-bond donors (Lipinski definition) is 1. The fraction of sp³-hybridized carbons (Fsp3) is 0.400. The number of amides is 1. The van der Waals surface area contributed by atoms with Crippen molar-refractivity contribution in [3.05, 3.63) is 24.0 Å². The van der Waals surface area contributed by atoms with Crippen LogP contribution in [0.25, 0.3) is 0 Å². The van der Waals surface area contributed by atoms with Gasteiger partial charge in [0.15, 0.2) is 0 Å². The molecule has 1 rings (SSSR count). The van der Waals surface area contributed by atoms with Crippen molar-refractivity contribution in [1.29, 1.82) is 0 Å². The number of aliphatic hydroxyl groups is 1. The second-order valence-electron chi connectivity index (χ2n) is 3.18. The van der Waals surface area contributed by atoms with Gasteiger partial charge >= 0.3 is 0 Å². The highest BCUT2D eigenvalue weighted by molar-refractivity contribution is 5.79. The number of hydrogen-bond acceptors (Lipinski definition) is 3. The zero-order valence-electron chi connectivity index (χ0n) is 8.01. The summed E-state index contributed by atoms with van der Waals surface area (Å²) >= 11 is 0. The topological polar surface area (TPSA) is 57.6 Å². The van der Waals surface area contributed by atoms with Gasteiger partial charge in [-0.15, -0.1) is 0 Å². The minimum Gasteiger partial charge on any atom is -0.515 e. The molecule has 1 N–H and O–H groups in total. The van der Waals surface area contributed by atoms with Crippen LogP contribution in [-0.4, -0.2) is 35.3 Å². The van der Waals surface area contributed by atoms with Gasteiger partial charge in [-0.25, -0.2) is 0 Å². The van der Waals surface area contributed by atoms with Gasteiger partial charge in [0, 0.05) is 19.0 Å². The minimum absolute atomic E-state index is 0.0638. The Labute approximate surface area is 82.5 Å². The van der Waals surface area contributed by atoms with E-state index in [1.807, 2.05) is 0 Å². The Balaban J connectivity index is 2.76. The molecule has 1 aliphatic rings. The molecule has 1 amide bonds. The van der Waals surface area contributed by atoms with Crippen LogP contribution in [0.2, 0.25) is 0 Å². The highest BCUT2D eigenvalue weighted by Crippen LogP contribution is 2.23. The van der Waals surface area contributed by atoms with Crippen LogP contribution in [0.15, 0.2) is 24.0 Å². The van der Waals surface area contributed by atoms with Crippen LogP contribution in [0, 0.1) is 0 Å². The maximum Gasteiger partial charge on any atom is 0.222 e. The van der Waals surface area contributed by atoms with E-state index >= 15 is 0 Å². The zero-order chi connectivity index (χ0) is 10.6. The number of carbonyl (C=O) groups excluding carboxylic acids is 2. The smallest absolute Gasteiger partial charge is 0.222 e. The van der Waals surface area contributed by atoms with Crippen molar-refractivity contribution in [2.75, 3.05) is 7.05 Å². The van der Waals surface area contributed by atoms with Crippen molar-refractivity contribution in [2.45, 2.75) is 18.9 Å². The van der Waals surface area contributed by atoms with Gasteiger partial charge in [-0.1, -0.05) is 6.08 Å². The monoisotopic (exact) mass is 195 g/mol. The van der Waals surface area contributed by atoms with Crippen molar-refractivity contribution in [3.8, 4) is 0 Å². The van der Waals surface area contributed by atoms with Crippen molar-refractivity contribution >= 4 is 12.2 Å². The third-order valence-corrected chi connectivity index (χ3v) is 2.39. The van der Waals surface area contributed by atoms with E-state index in [0.29, 0.717) is 24.7 Å². The van der Waals surface area contributed by atoms with Crippen LogP contribution >= 0.6 is 0 Å². The molecule has 76 valence electrons. The fourth-order valence-corrected chi connectivity index (χ4v) is 1.58. The first kappa shape index (κ1) is 10.5. The normalized spacial score (nSPS) is 23.5. The summed E-state index contributed by atoms with van der Waals surface area (Å²) in [5.41, 5.74) is 0.588. The lowest BCUT2D eigenvalue weighted by Crippen LogP contribution is -2.29. The molecule has 1 fully saturated rings. The second kappa shape index (κ2) is 4.60. The quantitative estimate of drug-likeness (QED) is 0.314. The van der Waals surface area contributed by atoms with Crippen molar-refractivity contribution in [3.63, 3.8) is 0 Å². The van der Waals surface area contributed by atoms with Gasteiger partial charge in [0.2, 0.25) is 5.91 Å². The van der Waals surface area contributed by atoms with E-state index < -0.39 is 0 Å². The molecule has 0 radical (unpaired) electrons. The summed E-state index contributed by atoms with van der Waals surface area (Å²) in [6.07, 6.45) is 5.59. The molecule has 0 saturated carbocycles. The highest BCUT2D eigenvalue weighted by Gasteiger charge is 2.29. The number of allylic oxidation sites excluding steroid dienone is 1. The van der Waals surface area contributed by atoms with E-state index in [0.717, 1.165) is 6.26 Å². The molecule has 0 aromatic heterocycles. The number of rotatable bonds is 3. The van der Waals surface area contributed by atoms with Crippen molar-refractivity contribution < 1.29 is 14.7 Å². The number of carbonyl (C=O) groups is 2. The Bertz CT molecular complexity index is 294. The average molecular weight is 195 g/mol. The van der Waals surface area contributed by atoms with E-state index in [2.05, 4.69) is 0 Å². The van der Waals surface area contributed by atoms with Gasteiger partial charge < -0.3 is 10.0 Å². The van der Waals surface area contributed by atoms with Crippen LogP contribution in [0.1, 0.15) is 12.8 Å². The standard InChI is InChI=1S/C10H13NO3/c1-11-9(4-5-10(11)14)8(7-13)3-2-6-12/h2-3,6-7,9,13H,4-5H2,1H3/b3-2-,8-7?. The van der Waals surface area contributed by atoms with E-state index in [1.54, 1.807) is 11.9 Å². The zero-order valence-corrected chi connectivity index (χ0v) is 8.01. The molecule has 0 spiro atoms. The Morgan fingerprint density at radius 2 is 2.36 bits per heavy atom. The summed E-state index contributed by atoms with van der Waals surface area (Å²) in [6, 6.07) is -0.108. The van der Waals surface area contributed by atoms with Crippen LogP contribution < -0.4 is 0 Å². The van der Waals surface area contributed by atoms with Crippen LogP contribution in [0.5, 0.6) is 0 Å². The van der Waals surface area contributed by atoms with Crippen molar-refractivity contribution in [2.24, 2.45) is 0 Å². The molecule has 14 heavy (non-hydrogen) atoms. The second-order valence-corrected chi connectivity index (χ2v) is 3.18. The third-order valence-electron chi connectivity index (χ3n) is 2.39. The first-order chi connectivity index (χ1) is 6.70. The SMILES string of the molecule is CN1C(=O)CCC1C(=CO)/C=C\C=O. The summed E-state index contributed by atoms with van der Waals surface area (Å²) in [6.45, 7) is 0. The number of likely N-dealkylation sites (tertiary alicyclic amines) is 1. The Kier molecular flexibility index (Phi) is 3.45. The predicted octanol–water partition coefficient (Wildman–Crippen LogP) is 0.804. The van der Waals surface area contributed by atoms with Gasteiger partial charge in [-0.05, 0) is 12.5 Å². The first-order valence-corrected chi connectivity index (χ1v) is 4.42. The maximum atomic E-state index is 11.2. The van der Waals surface area contributed by atoms with Gasteiger partial charge in [0.1, 0.15) is 6.29 Å². The molecule has 1 saturated heterocycles. The van der Waals surface area contributed by atoms with E-state index in [4.69, 9.17) is 5.11 Å². The molecular weight excluding hydrogens is 182 g/mol. The molecular formula is C10H13NO3. The third kappa shape index (κ3) is 2.02. The number of aldehydes is 1. The summed E-state index contributed by atoms with van der Waals surface area (Å²) in [5, 5.41) is 8.95. The lowest BCUT2D eigenvalue weighted by molar-refractivity contribution is -0.127. The van der Waals surface area contributed by atoms with Gasteiger partial charge in [0.05, 0.1) is 12.3 Å². The molecule has 0 bridgehead atoms. The molecule has 1 heterocycles. The van der Waals surface area contributed by atoms with Crippen molar-refractivity contribution in [1.82, 2.24) is 4.90 Å². The minimum atomic E-state index is -0.108. The molecule has 4 heteroatoms. The molecule has 1 unspecified atom stereocenters. The molecule has 4 nitrogen and oxygen atoms in total. The number of likely N-dealkylation sites (N-methyl/N-ethyl adjacent to an activating group) is 1. The van der Waals surface area contributed by atoms with Crippen LogP contribution in [0.3, 0.4) is 0 Å². The summed E-state index contributed by atoms with van der Waals surface area (Å²) in [5.74, 6) is 0.0638. The summed E-state index contributed by atoms with van der Waals surface area (Å²) in [7, 11) is 1.69. The fourth-order valence-electron chi connectivity index (χ4n) is 1.58. The number of aliphatic hydroxyl groups excluding tert-OH is 1. The molecule has 0 aromatic carbocycles. The van der Waals surface area contributed by atoms with E-state index in [9.17, 15) is 9.59 Å². The average Bonchev–Trinajstić information content (AvgIpc) is 2.51. The summed E-state index contributed by atoms with van der Waals surface area (Å²) in [4.78, 5) is 22.9. The lowest BCUT2D eigenvalue weighted by atomic mass is 10.1. The van der Waals surface area contributed by atoms with Gasteiger partial charge in [-0.2, -0.15) is 0 Å². The molecule has 0 aliphatic carbocycles. The van der Waals surface area contributed by atoms with Crippen LogP contribution in [0.4, 0.5) is 0 Å². The Hall–Kier alpha value is -1.58. The largest absolute Gasteiger partial charge is 0.515 e. The Morgan fingerprint density at radius 1 is 1.64 bits per heavy atom. The highest BCUT2D eigenvalue weighted by atomic mass is 16.2.